The Morgan fingerprint density at radius 1 is 0.936 bits per heavy atom. The van der Waals surface area contributed by atoms with Gasteiger partial charge in [0.1, 0.15) is 11.4 Å². The van der Waals surface area contributed by atoms with Crippen molar-refractivity contribution in [2.24, 2.45) is 0 Å². The summed E-state index contributed by atoms with van der Waals surface area (Å²) in [4.78, 5) is 32.7. The fourth-order valence-electron chi connectivity index (χ4n) is 5.87. The standard InChI is InChI=1S/C34H37Cl2N7O4/c1-20-19-47-13-12-43(20)18-29-34(46-3)42-27(17-39-29)25-9-5-7-23(32(25)36)22-6-4-8-24(31(22)35)26-16-38-28(33(41-26)45-2)15-37-14-21-10-11-30(44)40-21/h4-9,16-17,20-21,37H,10-15,18-19H2,1-3H3,(H,40,44)/t20-,21?/m0/s1. The average molecular weight is 679 g/mol. The molecule has 11 nitrogen and oxygen atoms in total. The van der Waals surface area contributed by atoms with Gasteiger partial charge in [0.25, 0.3) is 0 Å². The molecule has 4 aromatic rings. The molecule has 0 bridgehead atoms. The lowest BCUT2D eigenvalue weighted by molar-refractivity contribution is -0.119. The number of halogens is 2. The van der Waals surface area contributed by atoms with E-state index >= 15 is 0 Å². The van der Waals surface area contributed by atoms with Gasteiger partial charge in [0.15, 0.2) is 0 Å². The molecule has 0 spiro atoms. The summed E-state index contributed by atoms with van der Waals surface area (Å²) < 4.78 is 16.8. The lowest BCUT2D eigenvalue weighted by atomic mass is 9.98. The van der Waals surface area contributed by atoms with Crippen molar-refractivity contribution < 1.29 is 19.0 Å². The Morgan fingerprint density at radius 2 is 1.53 bits per heavy atom. The molecule has 246 valence electrons. The Kier molecular flexibility index (Phi) is 10.5. The van der Waals surface area contributed by atoms with Crippen LogP contribution in [0.1, 0.15) is 31.2 Å². The first-order valence-corrected chi connectivity index (χ1v) is 16.3. The fraction of sp³-hybridized carbons (Fsp3) is 0.382. The molecular weight excluding hydrogens is 641 g/mol. The van der Waals surface area contributed by atoms with Crippen molar-refractivity contribution in [1.29, 1.82) is 0 Å². The molecule has 2 fully saturated rings. The van der Waals surface area contributed by atoms with E-state index in [1.54, 1.807) is 26.6 Å². The molecule has 1 amide bonds. The minimum absolute atomic E-state index is 0.0861. The van der Waals surface area contributed by atoms with Crippen LogP contribution in [-0.2, 0) is 22.6 Å². The molecule has 2 aliphatic heterocycles. The summed E-state index contributed by atoms with van der Waals surface area (Å²) in [6.45, 7) is 6.04. The summed E-state index contributed by atoms with van der Waals surface area (Å²) in [5.74, 6) is 0.938. The molecule has 0 radical (unpaired) electrons. The zero-order valence-electron chi connectivity index (χ0n) is 26.6. The molecule has 6 rings (SSSR count). The van der Waals surface area contributed by atoms with Crippen LogP contribution in [0, 0.1) is 0 Å². The van der Waals surface area contributed by atoms with E-state index in [1.165, 1.54) is 0 Å². The molecule has 2 aromatic heterocycles. The predicted octanol–water partition coefficient (Wildman–Crippen LogP) is 5.18. The van der Waals surface area contributed by atoms with E-state index in [2.05, 4.69) is 27.4 Å². The number of nitrogens with one attached hydrogen (secondary N) is 2. The Bertz CT molecular complexity index is 1760. The zero-order valence-corrected chi connectivity index (χ0v) is 28.1. The van der Waals surface area contributed by atoms with Crippen molar-refractivity contribution in [3.05, 3.63) is 70.2 Å². The number of hydrogen-bond acceptors (Lipinski definition) is 10. The number of morpholine rings is 1. The molecule has 0 aliphatic carbocycles. The van der Waals surface area contributed by atoms with Crippen LogP contribution in [0.5, 0.6) is 11.8 Å². The molecule has 2 aliphatic rings. The topological polar surface area (TPSA) is 124 Å². The Hall–Kier alpha value is -3.87. The summed E-state index contributed by atoms with van der Waals surface area (Å²) in [5, 5.41) is 7.25. The smallest absolute Gasteiger partial charge is 0.237 e. The maximum absolute atomic E-state index is 11.5. The van der Waals surface area contributed by atoms with Crippen molar-refractivity contribution in [1.82, 2.24) is 35.5 Å². The van der Waals surface area contributed by atoms with E-state index in [4.69, 9.17) is 52.4 Å². The maximum atomic E-state index is 11.5. The van der Waals surface area contributed by atoms with E-state index in [-0.39, 0.29) is 18.0 Å². The number of methoxy groups -OCH3 is 2. The normalized spacial score (nSPS) is 18.3. The highest BCUT2D eigenvalue weighted by Gasteiger charge is 2.24. The van der Waals surface area contributed by atoms with Crippen LogP contribution < -0.4 is 20.1 Å². The van der Waals surface area contributed by atoms with Crippen LogP contribution in [0.4, 0.5) is 0 Å². The Balaban J connectivity index is 1.24. The van der Waals surface area contributed by atoms with Gasteiger partial charge < -0.3 is 24.8 Å². The molecule has 2 aromatic carbocycles. The average Bonchev–Trinajstić information content (AvgIpc) is 3.51. The van der Waals surface area contributed by atoms with Crippen molar-refractivity contribution in [2.75, 3.05) is 40.5 Å². The highest BCUT2D eigenvalue weighted by molar-refractivity contribution is 6.39. The summed E-state index contributed by atoms with van der Waals surface area (Å²) >= 11 is 14.1. The van der Waals surface area contributed by atoms with Crippen LogP contribution in [0.2, 0.25) is 10.0 Å². The second-order valence-corrected chi connectivity index (χ2v) is 12.3. The highest BCUT2D eigenvalue weighted by Crippen LogP contribution is 2.42. The molecule has 1 unspecified atom stereocenters. The van der Waals surface area contributed by atoms with Crippen LogP contribution in [-0.4, -0.2) is 83.3 Å². The molecule has 47 heavy (non-hydrogen) atoms. The second-order valence-electron chi connectivity index (χ2n) is 11.6. The largest absolute Gasteiger partial charge is 0.480 e. The van der Waals surface area contributed by atoms with E-state index < -0.39 is 0 Å². The minimum Gasteiger partial charge on any atom is -0.480 e. The van der Waals surface area contributed by atoms with Crippen molar-refractivity contribution in [2.45, 2.75) is 44.9 Å². The third-order valence-corrected chi connectivity index (χ3v) is 9.29. The molecule has 4 heterocycles. The van der Waals surface area contributed by atoms with Gasteiger partial charge in [-0.2, -0.15) is 0 Å². The quantitative estimate of drug-likeness (QED) is 0.219. The monoisotopic (exact) mass is 677 g/mol. The van der Waals surface area contributed by atoms with Gasteiger partial charge in [-0.3, -0.25) is 19.7 Å². The van der Waals surface area contributed by atoms with Crippen LogP contribution in [0.25, 0.3) is 33.6 Å². The number of carbonyl (C=O) groups excluding carboxylic acids is 1. The van der Waals surface area contributed by atoms with Crippen LogP contribution >= 0.6 is 23.2 Å². The van der Waals surface area contributed by atoms with Crippen molar-refractivity contribution in [3.63, 3.8) is 0 Å². The summed E-state index contributed by atoms with van der Waals surface area (Å²) in [5.41, 5.74) is 5.44. The number of aromatic nitrogens is 4. The van der Waals surface area contributed by atoms with Gasteiger partial charge in [-0.05, 0) is 13.3 Å². The first kappa shape index (κ1) is 33.0. The second kappa shape index (κ2) is 14.9. The first-order valence-electron chi connectivity index (χ1n) is 15.6. The molecule has 2 atom stereocenters. The van der Waals surface area contributed by atoms with E-state index in [0.717, 1.165) is 29.8 Å². The number of amides is 1. The molecule has 0 saturated carbocycles. The number of benzene rings is 2. The number of ether oxygens (including phenoxy) is 3. The van der Waals surface area contributed by atoms with E-state index in [0.29, 0.717) is 89.3 Å². The van der Waals surface area contributed by atoms with Crippen molar-refractivity contribution in [3.8, 4) is 45.4 Å². The number of carbonyl (C=O) groups is 1. The van der Waals surface area contributed by atoms with E-state index in [9.17, 15) is 4.79 Å². The van der Waals surface area contributed by atoms with E-state index in [1.807, 2.05) is 36.4 Å². The molecule has 2 saturated heterocycles. The predicted molar refractivity (Wildman–Crippen MR) is 181 cm³/mol. The lowest BCUT2D eigenvalue weighted by Gasteiger charge is -2.32. The maximum Gasteiger partial charge on any atom is 0.237 e. The Labute approximate surface area is 284 Å². The summed E-state index contributed by atoms with van der Waals surface area (Å²) in [6.07, 6.45) is 4.79. The highest BCUT2D eigenvalue weighted by atomic mass is 35.5. The third kappa shape index (κ3) is 7.34. The van der Waals surface area contributed by atoms with Crippen molar-refractivity contribution >= 4 is 29.1 Å². The minimum atomic E-state index is 0.0861. The lowest BCUT2D eigenvalue weighted by Crippen LogP contribution is -2.43. The fourth-order valence-corrected chi connectivity index (χ4v) is 6.52. The van der Waals surface area contributed by atoms with Gasteiger partial charge in [0, 0.05) is 66.9 Å². The van der Waals surface area contributed by atoms with Gasteiger partial charge in [-0.15, -0.1) is 0 Å². The molecule has 2 N–H and O–H groups in total. The van der Waals surface area contributed by atoms with Crippen LogP contribution in [0.15, 0.2) is 48.8 Å². The zero-order chi connectivity index (χ0) is 32.9. The molecule has 13 heteroatoms. The van der Waals surface area contributed by atoms with Gasteiger partial charge in [-0.1, -0.05) is 59.6 Å². The van der Waals surface area contributed by atoms with Gasteiger partial charge >= 0.3 is 0 Å². The number of hydrogen-bond donors (Lipinski definition) is 2. The Morgan fingerprint density at radius 3 is 2.11 bits per heavy atom. The van der Waals surface area contributed by atoms with Crippen LogP contribution in [0.3, 0.4) is 0 Å². The summed E-state index contributed by atoms with van der Waals surface area (Å²) in [6, 6.07) is 11.8. The summed E-state index contributed by atoms with van der Waals surface area (Å²) in [7, 11) is 3.16. The SMILES string of the molecule is COc1nc(-c2cccc(-c3cccc(-c4cnc(CN5CCOC[C@@H]5C)c(OC)n4)c3Cl)c2Cl)cnc1CNCC1CCC(=O)N1. The number of nitrogens with zero attached hydrogens (tertiary/aromatic N) is 5. The first-order chi connectivity index (χ1) is 22.9. The van der Waals surface area contributed by atoms with Gasteiger partial charge in [0.2, 0.25) is 17.7 Å². The number of rotatable bonds is 11. The van der Waals surface area contributed by atoms with Gasteiger partial charge in [-0.25, -0.2) is 9.97 Å². The van der Waals surface area contributed by atoms with Gasteiger partial charge in [0.05, 0.1) is 61.3 Å². The third-order valence-electron chi connectivity index (χ3n) is 8.48. The molecular formula is C34H37Cl2N7O4.